The van der Waals surface area contributed by atoms with Crippen molar-refractivity contribution < 1.29 is 9.47 Å². The zero-order valence-corrected chi connectivity index (χ0v) is 12.9. The molecular formula is C16H26N2O2. The largest absolute Gasteiger partial charge is 0.497 e. The van der Waals surface area contributed by atoms with Gasteiger partial charge in [-0.3, -0.25) is 0 Å². The molecule has 1 aliphatic heterocycles. The van der Waals surface area contributed by atoms with Crippen molar-refractivity contribution in [3.05, 3.63) is 18.2 Å². The third-order valence-electron chi connectivity index (χ3n) is 4.16. The fourth-order valence-corrected chi connectivity index (χ4v) is 2.85. The van der Waals surface area contributed by atoms with Crippen molar-refractivity contribution in [3.63, 3.8) is 0 Å². The van der Waals surface area contributed by atoms with E-state index in [1.165, 1.54) is 0 Å². The quantitative estimate of drug-likeness (QED) is 0.919. The molecule has 0 aliphatic carbocycles. The van der Waals surface area contributed by atoms with E-state index in [0.29, 0.717) is 11.8 Å². The van der Waals surface area contributed by atoms with Crippen molar-refractivity contribution in [2.45, 2.75) is 26.3 Å². The van der Waals surface area contributed by atoms with Crippen LogP contribution in [0.2, 0.25) is 0 Å². The van der Waals surface area contributed by atoms with Gasteiger partial charge in [-0.2, -0.15) is 0 Å². The van der Waals surface area contributed by atoms with E-state index < -0.39 is 0 Å². The smallest absolute Gasteiger partial charge is 0.124 e. The molecule has 1 fully saturated rings. The van der Waals surface area contributed by atoms with Crippen molar-refractivity contribution in [2.75, 3.05) is 32.2 Å². The summed E-state index contributed by atoms with van der Waals surface area (Å²) in [6.07, 6.45) is 1.11. The monoisotopic (exact) mass is 278 g/mol. The number of ether oxygens (including phenoxy) is 2. The average Bonchev–Trinajstić information content (AvgIpc) is 2.45. The molecule has 2 atom stereocenters. The first kappa shape index (κ1) is 15.0. The van der Waals surface area contributed by atoms with Crippen LogP contribution in [0.5, 0.6) is 11.5 Å². The summed E-state index contributed by atoms with van der Waals surface area (Å²) in [5, 5.41) is 0. The maximum atomic E-state index is 6.23. The number of nitrogens with two attached hydrogens (primary N) is 1. The summed E-state index contributed by atoms with van der Waals surface area (Å²) in [5.74, 6) is 2.92. The molecular weight excluding hydrogens is 252 g/mol. The molecule has 2 unspecified atom stereocenters. The van der Waals surface area contributed by atoms with E-state index in [4.69, 9.17) is 15.2 Å². The van der Waals surface area contributed by atoms with Gasteiger partial charge in [0, 0.05) is 43.0 Å². The lowest BCUT2D eigenvalue weighted by atomic mass is 9.85. The summed E-state index contributed by atoms with van der Waals surface area (Å²) in [6.45, 7) is 6.47. The Balaban J connectivity index is 2.25. The number of hydrogen-bond acceptors (Lipinski definition) is 4. The zero-order valence-electron chi connectivity index (χ0n) is 12.9. The topological polar surface area (TPSA) is 47.7 Å². The summed E-state index contributed by atoms with van der Waals surface area (Å²) in [5.41, 5.74) is 7.35. The van der Waals surface area contributed by atoms with Crippen LogP contribution in [0.4, 0.5) is 5.69 Å². The zero-order chi connectivity index (χ0) is 14.7. The van der Waals surface area contributed by atoms with Gasteiger partial charge in [0.2, 0.25) is 0 Å². The second-order valence-electron chi connectivity index (χ2n) is 5.98. The highest BCUT2D eigenvalue weighted by atomic mass is 16.5. The van der Waals surface area contributed by atoms with Gasteiger partial charge in [-0.15, -0.1) is 0 Å². The van der Waals surface area contributed by atoms with Gasteiger partial charge in [-0.05, 0) is 18.3 Å². The molecule has 0 radical (unpaired) electrons. The molecule has 1 aromatic carbocycles. The summed E-state index contributed by atoms with van der Waals surface area (Å²) >= 11 is 0. The van der Waals surface area contributed by atoms with Crippen molar-refractivity contribution in [1.29, 1.82) is 0 Å². The molecule has 1 aliphatic rings. The van der Waals surface area contributed by atoms with E-state index in [-0.39, 0.29) is 6.04 Å². The fourth-order valence-electron chi connectivity index (χ4n) is 2.85. The van der Waals surface area contributed by atoms with Crippen molar-refractivity contribution in [1.82, 2.24) is 0 Å². The Bertz CT molecular complexity index is 426. The summed E-state index contributed by atoms with van der Waals surface area (Å²) in [4.78, 5) is 2.35. The number of rotatable bonds is 4. The molecule has 2 rings (SSSR count). The van der Waals surface area contributed by atoms with E-state index in [9.17, 15) is 0 Å². The Labute approximate surface area is 121 Å². The Morgan fingerprint density at radius 2 is 1.70 bits per heavy atom. The Morgan fingerprint density at radius 1 is 1.10 bits per heavy atom. The van der Waals surface area contributed by atoms with Crippen molar-refractivity contribution in [3.8, 4) is 11.5 Å². The van der Waals surface area contributed by atoms with E-state index in [0.717, 1.165) is 36.7 Å². The van der Waals surface area contributed by atoms with Gasteiger partial charge >= 0.3 is 0 Å². The first-order valence-corrected chi connectivity index (χ1v) is 7.27. The number of anilines is 1. The molecule has 2 N–H and O–H groups in total. The first-order valence-electron chi connectivity index (χ1n) is 7.27. The molecule has 1 aromatic rings. The van der Waals surface area contributed by atoms with Crippen LogP contribution < -0.4 is 20.1 Å². The molecule has 20 heavy (non-hydrogen) atoms. The lowest BCUT2D eigenvalue weighted by molar-refractivity contribution is 0.298. The minimum atomic E-state index is 0.230. The highest BCUT2D eigenvalue weighted by Gasteiger charge is 2.27. The second-order valence-corrected chi connectivity index (χ2v) is 5.98. The molecule has 0 amide bonds. The van der Waals surface area contributed by atoms with Crippen LogP contribution in [0.15, 0.2) is 18.2 Å². The third kappa shape index (κ3) is 3.37. The van der Waals surface area contributed by atoms with Gasteiger partial charge in [0.15, 0.2) is 0 Å². The third-order valence-corrected chi connectivity index (χ3v) is 4.16. The highest BCUT2D eigenvalue weighted by molar-refractivity contribution is 5.56. The molecule has 0 spiro atoms. The number of methoxy groups -OCH3 is 2. The standard InChI is InChI=1S/C16H26N2O2/c1-11(2)12-5-13(17)10-18(9-12)14-6-15(19-3)8-16(7-14)20-4/h6-8,11-13H,5,9-10,17H2,1-4H3. The predicted octanol–water partition coefficient (Wildman–Crippen LogP) is 2.51. The number of piperidine rings is 1. The van der Waals surface area contributed by atoms with Crippen molar-refractivity contribution in [2.24, 2.45) is 17.6 Å². The van der Waals surface area contributed by atoms with Crippen LogP contribution in [0, 0.1) is 11.8 Å². The number of benzene rings is 1. The van der Waals surface area contributed by atoms with Crippen LogP contribution in [0.3, 0.4) is 0 Å². The molecule has 4 nitrogen and oxygen atoms in total. The van der Waals surface area contributed by atoms with E-state index >= 15 is 0 Å². The van der Waals surface area contributed by atoms with E-state index in [1.54, 1.807) is 14.2 Å². The van der Waals surface area contributed by atoms with Gasteiger partial charge in [0.05, 0.1) is 14.2 Å². The summed E-state index contributed by atoms with van der Waals surface area (Å²) in [7, 11) is 3.36. The van der Waals surface area contributed by atoms with Gasteiger partial charge in [0.25, 0.3) is 0 Å². The minimum absolute atomic E-state index is 0.230. The van der Waals surface area contributed by atoms with Gasteiger partial charge in [-0.1, -0.05) is 13.8 Å². The van der Waals surface area contributed by atoms with Gasteiger partial charge < -0.3 is 20.1 Å². The van der Waals surface area contributed by atoms with Crippen LogP contribution in [0.25, 0.3) is 0 Å². The number of nitrogens with zero attached hydrogens (tertiary/aromatic N) is 1. The van der Waals surface area contributed by atoms with Gasteiger partial charge in [-0.25, -0.2) is 0 Å². The molecule has 0 aromatic heterocycles. The van der Waals surface area contributed by atoms with Crippen LogP contribution >= 0.6 is 0 Å². The van der Waals surface area contributed by atoms with Crippen LogP contribution in [0.1, 0.15) is 20.3 Å². The molecule has 4 heteroatoms. The van der Waals surface area contributed by atoms with E-state index in [2.05, 4.69) is 30.9 Å². The maximum absolute atomic E-state index is 6.23. The Morgan fingerprint density at radius 3 is 2.20 bits per heavy atom. The van der Waals surface area contributed by atoms with Gasteiger partial charge in [0.1, 0.15) is 11.5 Å². The molecule has 0 saturated carbocycles. The first-order chi connectivity index (χ1) is 9.53. The SMILES string of the molecule is COc1cc(OC)cc(N2CC(N)CC(C(C)C)C2)c1. The molecule has 1 heterocycles. The normalized spacial score (nSPS) is 23.0. The van der Waals surface area contributed by atoms with E-state index in [1.807, 2.05) is 6.07 Å². The summed E-state index contributed by atoms with van der Waals surface area (Å²) < 4.78 is 10.7. The molecule has 1 saturated heterocycles. The second kappa shape index (κ2) is 6.35. The highest BCUT2D eigenvalue weighted by Crippen LogP contribution is 2.32. The lowest BCUT2D eigenvalue weighted by Gasteiger charge is -2.39. The minimum Gasteiger partial charge on any atom is -0.497 e. The van der Waals surface area contributed by atoms with Crippen LogP contribution in [-0.4, -0.2) is 33.4 Å². The predicted molar refractivity (Wildman–Crippen MR) is 82.7 cm³/mol. The molecule has 0 bridgehead atoms. The number of hydrogen-bond donors (Lipinski definition) is 1. The fraction of sp³-hybridized carbons (Fsp3) is 0.625. The lowest BCUT2D eigenvalue weighted by Crippen LogP contribution is -2.48. The Kier molecular flexibility index (Phi) is 4.76. The average molecular weight is 278 g/mol. The molecule has 112 valence electrons. The Hall–Kier alpha value is -1.42. The summed E-state index contributed by atoms with van der Waals surface area (Å²) in [6, 6.07) is 6.23. The maximum Gasteiger partial charge on any atom is 0.124 e. The van der Waals surface area contributed by atoms with Crippen molar-refractivity contribution >= 4 is 5.69 Å². The van der Waals surface area contributed by atoms with Crippen LogP contribution in [-0.2, 0) is 0 Å².